The summed E-state index contributed by atoms with van der Waals surface area (Å²) in [6.07, 6.45) is 9.10. The SMILES string of the molecule is CCCCCCC(=O)C(OC)C1C(C)=CC=C1C. The maximum absolute atomic E-state index is 12.2. The zero-order valence-electron chi connectivity index (χ0n) is 12.2. The maximum atomic E-state index is 12.2. The van der Waals surface area contributed by atoms with Crippen LogP contribution in [0.2, 0.25) is 0 Å². The van der Waals surface area contributed by atoms with Gasteiger partial charge in [0.05, 0.1) is 0 Å². The first-order valence-corrected chi connectivity index (χ1v) is 7.02. The van der Waals surface area contributed by atoms with E-state index in [1.165, 1.54) is 24.0 Å². The number of carbonyl (C=O) groups excluding carboxylic acids is 1. The van der Waals surface area contributed by atoms with Crippen LogP contribution in [0.3, 0.4) is 0 Å². The zero-order chi connectivity index (χ0) is 13.5. The summed E-state index contributed by atoms with van der Waals surface area (Å²) in [6, 6.07) is 0. The van der Waals surface area contributed by atoms with E-state index in [9.17, 15) is 4.79 Å². The van der Waals surface area contributed by atoms with Crippen LogP contribution in [0.4, 0.5) is 0 Å². The second-order valence-electron chi connectivity index (χ2n) is 5.23. The lowest BCUT2D eigenvalue weighted by Gasteiger charge is -2.24. The molecular formula is C16H26O2. The molecule has 0 aromatic heterocycles. The smallest absolute Gasteiger partial charge is 0.162 e. The monoisotopic (exact) mass is 250 g/mol. The molecule has 1 rings (SSSR count). The van der Waals surface area contributed by atoms with E-state index in [2.05, 4.69) is 32.9 Å². The molecule has 102 valence electrons. The Bertz CT molecular complexity index is 321. The number of ketones is 1. The van der Waals surface area contributed by atoms with Crippen LogP contribution >= 0.6 is 0 Å². The molecule has 18 heavy (non-hydrogen) atoms. The van der Waals surface area contributed by atoms with Crippen LogP contribution in [0.15, 0.2) is 23.3 Å². The zero-order valence-corrected chi connectivity index (χ0v) is 12.2. The number of ether oxygens (including phenoxy) is 1. The number of hydrogen-bond donors (Lipinski definition) is 0. The summed E-state index contributed by atoms with van der Waals surface area (Å²) in [5.74, 6) is 0.412. The van der Waals surface area contributed by atoms with Gasteiger partial charge in [-0.3, -0.25) is 4.79 Å². The van der Waals surface area contributed by atoms with E-state index in [1.807, 2.05) is 0 Å². The molecule has 2 heteroatoms. The Morgan fingerprint density at radius 1 is 1.22 bits per heavy atom. The first-order chi connectivity index (χ1) is 8.61. The van der Waals surface area contributed by atoms with Gasteiger partial charge < -0.3 is 4.74 Å². The Hall–Kier alpha value is -0.890. The van der Waals surface area contributed by atoms with Crippen molar-refractivity contribution in [2.24, 2.45) is 5.92 Å². The number of methoxy groups -OCH3 is 1. The van der Waals surface area contributed by atoms with Gasteiger partial charge in [0.25, 0.3) is 0 Å². The van der Waals surface area contributed by atoms with Crippen molar-refractivity contribution in [1.29, 1.82) is 0 Å². The van der Waals surface area contributed by atoms with Gasteiger partial charge in [0, 0.05) is 19.4 Å². The van der Waals surface area contributed by atoms with Crippen molar-refractivity contribution in [3.05, 3.63) is 23.3 Å². The molecule has 1 atom stereocenters. The first kappa shape index (κ1) is 15.2. The standard InChI is InChI=1S/C16H26O2/c1-5-6-7-8-9-14(17)16(18-4)15-12(2)10-11-13(15)3/h10-11,15-16H,5-9H2,1-4H3. The molecule has 0 amide bonds. The average Bonchev–Trinajstić information content (AvgIpc) is 2.67. The first-order valence-electron chi connectivity index (χ1n) is 7.02. The van der Waals surface area contributed by atoms with Gasteiger partial charge in [-0.1, -0.05) is 49.5 Å². The highest BCUT2D eigenvalue weighted by atomic mass is 16.5. The van der Waals surface area contributed by atoms with Crippen LogP contribution in [-0.2, 0) is 9.53 Å². The number of unbranched alkanes of at least 4 members (excludes halogenated alkanes) is 3. The molecule has 0 saturated heterocycles. The highest BCUT2D eigenvalue weighted by Gasteiger charge is 2.31. The van der Waals surface area contributed by atoms with Crippen LogP contribution in [0, 0.1) is 5.92 Å². The van der Waals surface area contributed by atoms with Gasteiger partial charge in [0.15, 0.2) is 5.78 Å². The lowest BCUT2D eigenvalue weighted by atomic mass is 9.87. The minimum Gasteiger partial charge on any atom is -0.373 e. The number of rotatable bonds is 8. The van der Waals surface area contributed by atoms with Gasteiger partial charge >= 0.3 is 0 Å². The van der Waals surface area contributed by atoms with Crippen LogP contribution < -0.4 is 0 Å². The van der Waals surface area contributed by atoms with Gasteiger partial charge in [-0.2, -0.15) is 0 Å². The van der Waals surface area contributed by atoms with Crippen molar-refractivity contribution in [2.45, 2.75) is 59.0 Å². The lowest BCUT2D eigenvalue weighted by molar-refractivity contribution is -0.130. The second kappa shape index (κ2) is 7.52. The normalized spacial score (nSPS) is 17.6. The topological polar surface area (TPSA) is 26.3 Å². The molecule has 1 unspecified atom stereocenters. The molecule has 1 aliphatic carbocycles. The van der Waals surface area contributed by atoms with Crippen LogP contribution in [0.5, 0.6) is 0 Å². The fraction of sp³-hybridized carbons (Fsp3) is 0.688. The molecule has 2 nitrogen and oxygen atoms in total. The predicted molar refractivity (Wildman–Crippen MR) is 75.6 cm³/mol. The highest BCUT2D eigenvalue weighted by Crippen LogP contribution is 2.31. The molecule has 0 radical (unpaired) electrons. The number of Topliss-reactive ketones (excluding diaryl/α,β-unsaturated/α-hetero) is 1. The number of allylic oxidation sites excluding steroid dienone is 2. The van der Waals surface area contributed by atoms with Gasteiger partial charge in [0.2, 0.25) is 0 Å². The molecular weight excluding hydrogens is 224 g/mol. The van der Waals surface area contributed by atoms with E-state index in [4.69, 9.17) is 4.74 Å². The maximum Gasteiger partial charge on any atom is 0.162 e. The largest absolute Gasteiger partial charge is 0.373 e. The van der Waals surface area contributed by atoms with Crippen LogP contribution in [-0.4, -0.2) is 19.0 Å². The third kappa shape index (κ3) is 3.81. The minimum absolute atomic E-state index is 0.161. The Labute approximate surface area is 111 Å². The van der Waals surface area contributed by atoms with Gasteiger partial charge in [-0.15, -0.1) is 0 Å². The quantitative estimate of drug-likeness (QED) is 0.607. The van der Waals surface area contributed by atoms with Crippen molar-refractivity contribution in [2.75, 3.05) is 7.11 Å². The van der Waals surface area contributed by atoms with E-state index in [1.54, 1.807) is 7.11 Å². The Morgan fingerprint density at radius 3 is 2.33 bits per heavy atom. The van der Waals surface area contributed by atoms with E-state index in [0.29, 0.717) is 6.42 Å². The summed E-state index contributed by atoms with van der Waals surface area (Å²) >= 11 is 0. The molecule has 0 aromatic carbocycles. The van der Waals surface area contributed by atoms with Gasteiger partial charge in [-0.25, -0.2) is 0 Å². The fourth-order valence-corrected chi connectivity index (χ4v) is 2.63. The minimum atomic E-state index is -0.290. The fourth-order valence-electron chi connectivity index (χ4n) is 2.63. The molecule has 0 aliphatic heterocycles. The Balaban J connectivity index is 2.53. The highest BCUT2D eigenvalue weighted by molar-refractivity contribution is 5.84. The number of carbonyl (C=O) groups is 1. The van der Waals surface area contributed by atoms with Crippen molar-refractivity contribution in [1.82, 2.24) is 0 Å². The summed E-state index contributed by atoms with van der Waals surface area (Å²) in [6.45, 7) is 6.34. The van der Waals surface area contributed by atoms with Crippen molar-refractivity contribution in [3.63, 3.8) is 0 Å². The van der Waals surface area contributed by atoms with Crippen molar-refractivity contribution >= 4 is 5.78 Å². The molecule has 0 aromatic rings. The Morgan fingerprint density at radius 2 is 1.83 bits per heavy atom. The molecule has 0 N–H and O–H groups in total. The van der Waals surface area contributed by atoms with Crippen LogP contribution in [0.25, 0.3) is 0 Å². The third-order valence-corrected chi connectivity index (χ3v) is 3.74. The molecule has 0 fully saturated rings. The average molecular weight is 250 g/mol. The van der Waals surface area contributed by atoms with Gasteiger partial charge in [-0.05, 0) is 20.3 Å². The summed E-state index contributed by atoms with van der Waals surface area (Å²) in [5, 5.41) is 0. The van der Waals surface area contributed by atoms with E-state index in [-0.39, 0.29) is 17.8 Å². The Kier molecular flexibility index (Phi) is 6.34. The lowest BCUT2D eigenvalue weighted by Crippen LogP contribution is -2.32. The van der Waals surface area contributed by atoms with Gasteiger partial charge in [0.1, 0.15) is 6.10 Å². The molecule has 0 spiro atoms. The summed E-state index contributed by atoms with van der Waals surface area (Å²) < 4.78 is 5.46. The summed E-state index contributed by atoms with van der Waals surface area (Å²) in [5.41, 5.74) is 2.47. The molecule has 1 aliphatic rings. The number of hydrogen-bond acceptors (Lipinski definition) is 2. The van der Waals surface area contributed by atoms with E-state index < -0.39 is 0 Å². The van der Waals surface area contributed by atoms with Crippen molar-refractivity contribution in [3.8, 4) is 0 Å². The van der Waals surface area contributed by atoms with Crippen LogP contribution in [0.1, 0.15) is 52.9 Å². The summed E-state index contributed by atoms with van der Waals surface area (Å²) in [4.78, 5) is 12.2. The van der Waals surface area contributed by atoms with E-state index in [0.717, 1.165) is 12.8 Å². The second-order valence-corrected chi connectivity index (χ2v) is 5.23. The van der Waals surface area contributed by atoms with Crippen molar-refractivity contribution < 1.29 is 9.53 Å². The molecule has 0 heterocycles. The van der Waals surface area contributed by atoms with E-state index >= 15 is 0 Å². The third-order valence-electron chi connectivity index (χ3n) is 3.74. The predicted octanol–water partition coefficient (Wildman–Crippen LogP) is 4.06. The molecule has 0 bridgehead atoms. The summed E-state index contributed by atoms with van der Waals surface area (Å²) in [7, 11) is 1.65. The molecule has 0 saturated carbocycles.